The Bertz CT molecular complexity index is 459. The molecule has 8 heteroatoms. The second-order valence-electron chi connectivity index (χ2n) is 5.87. The normalized spacial score (nSPS) is 13.0. The zero-order valence-electron chi connectivity index (χ0n) is 13.7. The summed E-state index contributed by atoms with van der Waals surface area (Å²) < 4.78 is 10.9. The van der Waals surface area contributed by atoms with Crippen LogP contribution in [-0.2, 0) is 16.0 Å². The monoisotopic (exact) mass is 330 g/mol. The Hall–Kier alpha value is -1.25. The number of rotatable bonds is 8. The summed E-state index contributed by atoms with van der Waals surface area (Å²) in [6.45, 7) is 8.85. The van der Waals surface area contributed by atoms with Crippen molar-refractivity contribution in [1.29, 1.82) is 0 Å². The van der Waals surface area contributed by atoms with Gasteiger partial charge in [0.15, 0.2) is 0 Å². The van der Waals surface area contributed by atoms with E-state index in [0.29, 0.717) is 24.8 Å². The highest BCUT2D eigenvalue weighted by atomic mass is 32.1. The number of carbonyl (C=O) groups is 1. The second kappa shape index (κ2) is 9.02. The standard InChI is InChI=1S/C14H26N4O3S/c1-5-6-7-20-9-10(12-18-17-11(8-15)22-12)16-13(19)21-14(2,3)4/h10H,5-9,15H2,1-4H3,(H,16,19). The molecule has 0 saturated carbocycles. The van der Waals surface area contributed by atoms with Gasteiger partial charge in [0.25, 0.3) is 0 Å². The number of ether oxygens (including phenoxy) is 2. The van der Waals surface area contributed by atoms with Crippen LogP contribution in [0.25, 0.3) is 0 Å². The molecule has 22 heavy (non-hydrogen) atoms. The van der Waals surface area contributed by atoms with E-state index in [2.05, 4.69) is 22.4 Å². The molecule has 0 aliphatic carbocycles. The third-order valence-corrected chi connectivity index (χ3v) is 3.63. The number of carbonyl (C=O) groups excluding carboxylic acids is 1. The van der Waals surface area contributed by atoms with Crippen molar-refractivity contribution < 1.29 is 14.3 Å². The Balaban J connectivity index is 2.66. The first-order valence-electron chi connectivity index (χ1n) is 7.45. The van der Waals surface area contributed by atoms with E-state index in [4.69, 9.17) is 15.2 Å². The van der Waals surface area contributed by atoms with Crippen LogP contribution in [0.3, 0.4) is 0 Å². The number of unbranched alkanes of at least 4 members (excludes halogenated alkanes) is 1. The van der Waals surface area contributed by atoms with E-state index in [1.165, 1.54) is 11.3 Å². The number of hydrogen-bond acceptors (Lipinski definition) is 7. The summed E-state index contributed by atoms with van der Waals surface area (Å²) in [5, 5.41) is 12.2. The average Bonchev–Trinajstić information content (AvgIpc) is 2.89. The molecule has 1 aromatic heterocycles. The summed E-state index contributed by atoms with van der Waals surface area (Å²) in [7, 11) is 0. The lowest BCUT2D eigenvalue weighted by atomic mass is 10.2. The van der Waals surface area contributed by atoms with E-state index >= 15 is 0 Å². The molecule has 3 N–H and O–H groups in total. The number of nitrogens with zero attached hydrogens (tertiary/aromatic N) is 2. The van der Waals surface area contributed by atoms with Gasteiger partial charge in [-0.3, -0.25) is 0 Å². The zero-order valence-corrected chi connectivity index (χ0v) is 14.5. The van der Waals surface area contributed by atoms with Gasteiger partial charge in [-0.25, -0.2) is 4.79 Å². The lowest BCUT2D eigenvalue weighted by Gasteiger charge is -2.22. The third kappa shape index (κ3) is 7.15. The van der Waals surface area contributed by atoms with Gasteiger partial charge in [-0.1, -0.05) is 24.7 Å². The molecule has 7 nitrogen and oxygen atoms in total. The van der Waals surface area contributed by atoms with Crippen molar-refractivity contribution in [2.24, 2.45) is 5.73 Å². The van der Waals surface area contributed by atoms with E-state index in [9.17, 15) is 4.79 Å². The molecule has 1 aromatic rings. The number of nitrogens with two attached hydrogens (primary N) is 1. The molecule has 1 unspecified atom stereocenters. The van der Waals surface area contributed by atoms with Crippen LogP contribution < -0.4 is 11.1 Å². The van der Waals surface area contributed by atoms with Gasteiger partial charge in [0.2, 0.25) is 0 Å². The summed E-state index contributed by atoms with van der Waals surface area (Å²) in [6, 6.07) is -0.385. The smallest absolute Gasteiger partial charge is 0.408 e. The van der Waals surface area contributed by atoms with Crippen molar-refractivity contribution in [3.05, 3.63) is 10.0 Å². The van der Waals surface area contributed by atoms with Gasteiger partial charge in [0, 0.05) is 13.2 Å². The van der Waals surface area contributed by atoms with Crippen LogP contribution in [0.1, 0.15) is 56.6 Å². The highest BCUT2D eigenvalue weighted by Gasteiger charge is 2.23. The molecule has 1 amide bonds. The molecule has 0 aliphatic rings. The molecule has 0 fully saturated rings. The minimum atomic E-state index is -0.554. The number of amides is 1. The Labute approximate surface area is 135 Å². The maximum atomic E-state index is 12.0. The lowest BCUT2D eigenvalue weighted by molar-refractivity contribution is 0.0438. The molecule has 0 spiro atoms. The Morgan fingerprint density at radius 3 is 2.68 bits per heavy atom. The quantitative estimate of drug-likeness (QED) is 0.710. The average molecular weight is 330 g/mol. The summed E-state index contributed by atoms with van der Waals surface area (Å²) in [5.74, 6) is 0. The minimum absolute atomic E-state index is 0.327. The highest BCUT2D eigenvalue weighted by molar-refractivity contribution is 7.11. The van der Waals surface area contributed by atoms with Crippen LogP contribution in [0.2, 0.25) is 0 Å². The molecule has 0 saturated heterocycles. The second-order valence-corrected chi connectivity index (χ2v) is 6.96. The van der Waals surface area contributed by atoms with Gasteiger partial charge in [-0.05, 0) is 27.2 Å². The fraction of sp³-hybridized carbons (Fsp3) is 0.786. The molecular weight excluding hydrogens is 304 g/mol. The Kier molecular flexibility index (Phi) is 7.70. The predicted octanol–water partition coefficient (Wildman–Crippen LogP) is 2.38. The first kappa shape index (κ1) is 18.8. The molecule has 1 heterocycles. The highest BCUT2D eigenvalue weighted by Crippen LogP contribution is 2.19. The summed E-state index contributed by atoms with van der Waals surface area (Å²) in [6.07, 6.45) is 1.53. The minimum Gasteiger partial charge on any atom is -0.444 e. The first-order valence-corrected chi connectivity index (χ1v) is 8.27. The Morgan fingerprint density at radius 2 is 2.14 bits per heavy atom. The molecule has 1 atom stereocenters. The first-order chi connectivity index (χ1) is 10.4. The van der Waals surface area contributed by atoms with Gasteiger partial charge in [-0.15, -0.1) is 10.2 Å². The van der Waals surface area contributed by atoms with E-state index in [1.54, 1.807) is 0 Å². The van der Waals surface area contributed by atoms with Crippen molar-refractivity contribution >= 4 is 17.4 Å². The molecular formula is C14H26N4O3S. The van der Waals surface area contributed by atoms with Gasteiger partial charge in [-0.2, -0.15) is 0 Å². The zero-order chi connectivity index (χ0) is 16.6. The lowest BCUT2D eigenvalue weighted by Crippen LogP contribution is -2.36. The molecule has 126 valence electrons. The molecule has 0 aliphatic heterocycles. The van der Waals surface area contributed by atoms with Crippen LogP contribution in [0.5, 0.6) is 0 Å². The summed E-state index contributed by atoms with van der Waals surface area (Å²) >= 11 is 1.37. The molecule has 0 bridgehead atoms. The molecule has 1 rings (SSSR count). The van der Waals surface area contributed by atoms with Gasteiger partial charge >= 0.3 is 6.09 Å². The maximum absolute atomic E-state index is 12.0. The topological polar surface area (TPSA) is 99.4 Å². The number of nitrogens with one attached hydrogen (secondary N) is 1. The summed E-state index contributed by atoms with van der Waals surface area (Å²) in [5.41, 5.74) is 5.00. The van der Waals surface area contributed by atoms with Crippen LogP contribution in [0.15, 0.2) is 0 Å². The van der Waals surface area contributed by atoms with Crippen molar-refractivity contribution in [1.82, 2.24) is 15.5 Å². The third-order valence-electron chi connectivity index (χ3n) is 2.57. The van der Waals surface area contributed by atoms with Crippen molar-refractivity contribution in [3.63, 3.8) is 0 Å². The van der Waals surface area contributed by atoms with Crippen LogP contribution >= 0.6 is 11.3 Å². The fourth-order valence-electron chi connectivity index (χ4n) is 1.56. The molecule has 0 aromatic carbocycles. The maximum Gasteiger partial charge on any atom is 0.408 e. The van der Waals surface area contributed by atoms with Gasteiger partial charge in [0.05, 0.1) is 6.61 Å². The Morgan fingerprint density at radius 1 is 1.41 bits per heavy atom. The van der Waals surface area contributed by atoms with Gasteiger partial charge < -0.3 is 20.5 Å². The van der Waals surface area contributed by atoms with E-state index in [1.807, 2.05) is 20.8 Å². The van der Waals surface area contributed by atoms with Crippen LogP contribution in [0.4, 0.5) is 4.79 Å². The van der Waals surface area contributed by atoms with E-state index in [0.717, 1.165) is 17.8 Å². The SMILES string of the molecule is CCCCOCC(NC(=O)OC(C)(C)C)c1nnc(CN)s1. The van der Waals surface area contributed by atoms with E-state index in [-0.39, 0.29) is 6.04 Å². The van der Waals surface area contributed by atoms with E-state index < -0.39 is 11.7 Å². The fourth-order valence-corrected chi connectivity index (χ4v) is 2.32. The van der Waals surface area contributed by atoms with Gasteiger partial charge in [0.1, 0.15) is 21.7 Å². The van der Waals surface area contributed by atoms with Crippen molar-refractivity contribution in [2.75, 3.05) is 13.2 Å². The number of alkyl carbamates (subject to hydrolysis) is 1. The predicted molar refractivity (Wildman–Crippen MR) is 85.6 cm³/mol. The van der Waals surface area contributed by atoms with Crippen LogP contribution in [0, 0.1) is 0 Å². The number of hydrogen-bond donors (Lipinski definition) is 2. The largest absolute Gasteiger partial charge is 0.444 e. The van der Waals surface area contributed by atoms with Crippen molar-refractivity contribution in [3.8, 4) is 0 Å². The molecule has 0 radical (unpaired) electrons. The summed E-state index contributed by atoms with van der Waals surface area (Å²) in [4.78, 5) is 12.0. The van der Waals surface area contributed by atoms with Crippen molar-refractivity contribution in [2.45, 2.75) is 58.7 Å². The number of aromatic nitrogens is 2. The van der Waals surface area contributed by atoms with Crippen LogP contribution in [-0.4, -0.2) is 35.1 Å².